The summed E-state index contributed by atoms with van der Waals surface area (Å²) in [7, 11) is 0. The van der Waals surface area contributed by atoms with E-state index in [1.54, 1.807) is 60.7 Å². The van der Waals surface area contributed by atoms with Crippen molar-refractivity contribution in [1.29, 1.82) is 0 Å². The first-order valence-electron chi connectivity index (χ1n) is 25.4. The fourth-order valence-corrected chi connectivity index (χ4v) is 9.63. The number of hydrogen-bond acceptors (Lipinski definition) is 8. The Morgan fingerprint density at radius 2 is 0.711 bits per heavy atom. The van der Waals surface area contributed by atoms with Gasteiger partial charge in [-0.3, -0.25) is 0 Å². The van der Waals surface area contributed by atoms with Crippen LogP contribution in [0.5, 0.6) is 11.5 Å². The van der Waals surface area contributed by atoms with E-state index in [0.29, 0.717) is 31.2 Å². The zero-order valence-corrected chi connectivity index (χ0v) is 50.8. The number of aromatic hydroxyl groups is 2. The molecule has 8 aromatic carbocycles. The van der Waals surface area contributed by atoms with Crippen molar-refractivity contribution in [3.05, 3.63) is 223 Å². The molecular formula is C64H52Cl4F6N4O4Zr. The van der Waals surface area contributed by atoms with E-state index in [1.807, 2.05) is 41.5 Å². The molecule has 19 heteroatoms. The molecule has 0 unspecified atom stereocenters. The molecule has 2 N–H and O–H groups in total. The van der Waals surface area contributed by atoms with E-state index in [4.69, 9.17) is 55.4 Å². The molecule has 83 heavy (non-hydrogen) atoms. The summed E-state index contributed by atoms with van der Waals surface area (Å²) in [6, 6.07) is 47.3. The minimum absolute atomic E-state index is 0. The second-order valence-electron chi connectivity index (χ2n) is 21.0. The summed E-state index contributed by atoms with van der Waals surface area (Å²) in [6.07, 6.45) is -6.78. The van der Waals surface area contributed by atoms with Gasteiger partial charge in [0.05, 0.1) is 53.5 Å². The van der Waals surface area contributed by atoms with E-state index in [2.05, 4.69) is 80.9 Å². The van der Waals surface area contributed by atoms with E-state index in [-0.39, 0.29) is 94.5 Å². The molecule has 0 saturated carbocycles. The first kappa shape index (κ1) is 63.8. The number of nitrogens with zero attached hydrogens (tertiary/aromatic N) is 4. The van der Waals surface area contributed by atoms with E-state index in [0.717, 1.165) is 48.2 Å². The molecule has 0 aliphatic heterocycles. The summed E-state index contributed by atoms with van der Waals surface area (Å²) in [6.45, 7) is 11.7. The summed E-state index contributed by atoms with van der Waals surface area (Å²) in [5.41, 5.74) is 3.83. The SMILES string of the molecule is CC(C)(C)c1cc(-c2cccc(C(F)(F)F)c2)c(O)c(-c2nc(-c3c(Cl)cccc3Cl)no2)c1.CC(C)(C)c1cc(-c2cccc(C(F)(F)F)c2)c(O)c(-c2nc(-c3c(Cl)cccc3Cl)no2)c1.[Zr].c1ccc(CCc2ccccc2)cc1. The van der Waals surface area contributed by atoms with Crippen LogP contribution in [0.2, 0.25) is 20.1 Å². The van der Waals surface area contributed by atoms with E-state index in [9.17, 15) is 36.6 Å². The van der Waals surface area contributed by atoms with Crippen LogP contribution in [0, 0.1) is 0 Å². The molecule has 0 saturated heterocycles. The Bertz CT molecular complexity index is 3570. The number of phenols is 2. The fraction of sp³-hybridized carbons (Fsp3) is 0.188. The van der Waals surface area contributed by atoms with Gasteiger partial charge in [0.2, 0.25) is 11.6 Å². The maximum absolute atomic E-state index is 13.3. The Kier molecular flexibility index (Phi) is 20.3. The molecule has 10 rings (SSSR count). The van der Waals surface area contributed by atoms with Gasteiger partial charge in [-0.05, 0) is 130 Å². The van der Waals surface area contributed by atoms with Gasteiger partial charge >= 0.3 is 12.4 Å². The predicted molar refractivity (Wildman–Crippen MR) is 312 cm³/mol. The minimum atomic E-state index is -4.52. The second-order valence-corrected chi connectivity index (χ2v) is 22.6. The van der Waals surface area contributed by atoms with Crippen LogP contribution >= 0.6 is 46.4 Å². The molecule has 0 fully saturated rings. The maximum Gasteiger partial charge on any atom is 0.416 e. The van der Waals surface area contributed by atoms with Gasteiger partial charge in [-0.1, -0.05) is 195 Å². The Balaban J connectivity index is 0.000000192. The number of aromatic nitrogens is 4. The van der Waals surface area contributed by atoms with Crippen molar-refractivity contribution < 1.29 is 71.8 Å². The molecule has 2 heterocycles. The summed E-state index contributed by atoms with van der Waals surface area (Å²) in [4.78, 5) is 8.72. The third kappa shape index (κ3) is 15.7. The molecule has 8 nitrogen and oxygen atoms in total. The van der Waals surface area contributed by atoms with Gasteiger partial charge in [-0.15, -0.1) is 0 Å². The van der Waals surface area contributed by atoms with Crippen LogP contribution in [0.3, 0.4) is 0 Å². The monoisotopic (exact) mass is 1280 g/mol. The van der Waals surface area contributed by atoms with Crippen molar-refractivity contribution in [2.75, 3.05) is 0 Å². The Morgan fingerprint density at radius 1 is 0.398 bits per heavy atom. The van der Waals surface area contributed by atoms with Crippen molar-refractivity contribution in [2.45, 2.75) is 77.6 Å². The Morgan fingerprint density at radius 3 is 1.02 bits per heavy atom. The van der Waals surface area contributed by atoms with Gasteiger partial charge in [0.1, 0.15) is 11.5 Å². The quantitative estimate of drug-likeness (QED) is 0.137. The summed E-state index contributed by atoms with van der Waals surface area (Å²) >= 11 is 25.0. The summed E-state index contributed by atoms with van der Waals surface area (Å²) in [5, 5.41) is 31.4. The first-order chi connectivity index (χ1) is 38.7. The minimum Gasteiger partial charge on any atom is -0.506 e. The van der Waals surface area contributed by atoms with Crippen LogP contribution in [-0.4, -0.2) is 30.5 Å². The van der Waals surface area contributed by atoms with Crippen LogP contribution < -0.4 is 0 Å². The average molecular weight is 1290 g/mol. The topological polar surface area (TPSA) is 118 Å². The third-order valence-electron chi connectivity index (χ3n) is 13.0. The normalized spacial score (nSPS) is 11.7. The smallest absolute Gasteiger partial charge is 0.416 e. The third-order valence-corrected chi connectivity index (χ3v) is 14.3. The molecule has 0 spiro atoms. The number of aryl methyl sites for hydroxylation is 2. The molecule has 0 radical (unpaired) electrons. The molecule has 10 aromatic rings. The maximum atomic E-state index is 13.3. The van der Waals surface area contributed by atoms with Gasteiger partial charge in [0.25, 0.3) is 11.8 Å². The van der Waals surface area contributed by atoms with Crippen molar-refractivity contribution >= 4 is 46.4 Å². The van der Waals surface area contributed by atoms with Crippen LogP contribution in [0.15, 0.2) is 179 Å². The zero-order valence-electron chi connectivity index (χ0n) is 45.4. The standard InChI is InChI=1S/2C25H19Cl2F3N2O2.C14H14.Zr/c2*1-24(2,3)15-11-16(13-6-4-7-14(10-13)25(28,29)30)21(33)17(12-15)23-31-22(32-34-23)20-18(26)8-5-9-19(20)27;1-3-7-13(8-4-1)11-12-14-9-5-2-6-10-14;/h2*4-12,33H,1-3H3;1-10H,11-12H2;. The van der Waals surface area contributed by atoms with Crippen LogP contribution in [0.1, 0.15) is 74.9 Å². The number of alkyl halides is 6. The van der Waals surface area contributed by atoms with Crippen molar-refractivity contribution in [2.24, 2.45) is 0 Å². The Labute approximate surface area is 515 Å². The molecule has 0 atom stereocenters. The fourth-order valence-electron chi connectivity index (χ4n) is 8.50. The van der Waals surface area contributed by atoms with Crippen molar-refractivity contribution in [1.82, 2.24) is 20.3 Å². The van der Waals surface area contributed by atoms with Gasteiger partial charge in [-0.2, -0.15) is 36.3 Å². The van der Waals surface area contributed by atoms with Gasteiger partial charge < -0.3 is 19.3 Å². The summed E-state index contributed by atoms with van der Waals surface area (Å²) < 4.78 is 90.7. The first-order valence-corrected chi connectivity index (χ1v) is 26.9. The van der Waals surface area contributed by atoms with Crippen LogP contribution in [0.4, 0.5) is 26.3 Å². The molecule has 0 aliphatic carbocycles. The summed E-state index contributed by atoms with van der Waals surface area (Å²) in [5.74, 6) is -0.384. The Hall–Kier alpha value is -6.74. The largest absolute Gasteiger partial charge is 0.506 e. The van der Waals surface area contributed by atoms with Crippen molar-refractivity contribution in [3.8, 4) is 79.4 Å². The van der Waals surface area contributed by atoms with E-state index < -0.39 is 34.3 Å². The molecular weight excluding hydrogens is 1240 g/mol. The van der Waals surface area contributed by atoms with Crippen molar-refractivity contribution in [3.63, 3.8) is 0 Å². The van der Waals surface area contributed by atoms with Crippen LogP contribution in [0.25, 0.3) is 67.9 Å². The molecule has 2 aromatic heterocycles. The number of hydrogen-bond donors (Lipinski definition) is 2. The van der Waals surface area contributed by atoms with Crippen LogP contribution in [-0.2, 0) is 62.2 Å². The van der Waals surface area contributed by atoms with E-state index >= 15 is 0 Å². The molecule has 426 valence electrons. The molecule has 0 amide bonds. The second kappa shape index (κ2) is 26.5. The predicted octanol–water partition coefficient (Wildman–Crippen LogP) is 20.3. The zero-order chi connectivity index (χ0) is 59.3. The van der Waals surface area contributed by atoms with Gasteiger partial charge in [0.15, 0.2) is 0 Å². The number of benzene rings is 8. The van der Waals surface area contributed by atoms with Gasteiger partial charge in [0, 0.05) is 37.3 Å². The van der Waals surface area contributed by atoms with E-state index in [1.165, 1.54) is 35.4 Å². The average Bonchev–Trinajstić information content (AvgIpc) is 4.15. The molecule has 0 bridgehead atoms. The number of rotatable bonds is 9. The van der Waals surface area contributed by atoms with Gasteiger partial charge in [-0.25, -0.2) is 0 Å². The number of halogens is 10. The molecule has 0 aliphatic rings. The number of phenolic OH excluding ortho intramolecular Hbond substituents is 2.